The molecule has 1 aliphatic heterocycles. The van der Waals surface area contributed by atoms with Gasteiger partial charge in [-0.3, -0.25) is 14.9 Å². The lowest BCUT2D eigenvalue weighted by Crippen LogP contribution is -2.17. The first kappa shape index (κ1) is 20.7. The first-order valence-corrected chi connectivity index (χ1v) is 11.3. The summed E-state index contributed by atoms with van der Waals surface area (Å²) in [6, 6.07) is 9.86. The number of anilines is 1. The Morgan fingerprint density at radius 3 is 2.45 bits per heavy atom. The van der Waals surface area contributed by atoms with Crippen molar-refractivity contribution < 1.29 is 18.1 Å². The third-order valence-electron chi connectivity index (χ3n) is 5.42. The molecule has 31 heavy (non-hydrogen) atoms. The molecule has 4 rings (SSSR count). The highest BCUT2D eigenvalue weighted by Crippen LogP contribution is 2.33. The number of fused-ring (bicyclic) bond motifs is 1. The molecule has 1 amide bonds. The van der Waals surface area contributed by atoms with E-state index in [4.69, 9.17) is 0 Å². The molecule has 0 fully saturated rings. The van der Waals surface area contributed by atoms with Crippen LogP contribution in [0.25, 0.3) is 5.69 Å². The highest BCUT2D eigenvalue weighted by Gasteiger charge is 2.33. The normalized spacial score (nSPS) is 14.3. The molecular weight excluding hydrogens is 420 g/mol. The zero-order valence-electron chi connectivity index (χ0n) is 17.2. The van der Waals surface area contributed by atoms with Crippen molar-refractivity contribution in [3.05, 3.63) is 80.0 Å². The van der Waals surface area contributed by atoms with Gasteiger partial charge < -0.3 is 5.32 Å². The number of sulfone groups is 1. The second-order valence-corrected chi connectivity index (χ2v) is 9.76. The molecule has 0 saturated carbocycles. The number of aromatic nitrogens is 2. The van der Waals surface area contributed by atoms with Gasteiger partial charge in [-0.15, -0.1) is 0 Å². The average molecular weight is 440 g/mol. The van der Waals surface area contributed by atoms with Gasteiger partial charge in [0.2, 0.25) is 0 Å². The molecule has 2 heterocycles. The Kier molecular flexibility index (Phi) is 4.89. The monoisotopic (exact) mass is 440 g/mol. The van der Waals surface area contributed by atoms with Crippen molar-refractivity contribution in [2.75, 3.05) is 5.32 Å². The molecule has 1 aromatic heterocycles. The summed E-state index contributed by atoms with van der Waals surface area (Å²) in [5.74, 6) is -0.747. The summed E-state index contributed by atoms with van der Waals surface area (Å²) in [4.78, 5) is 23.6. The van der Waals surface area contributed by atoms with Crippen LogP contribution in [-0.4, -0.2) is 29.0 Å². The summed E-state index contributed by atoms with van der Waals surface area (Å²) in [6.45, 7) is 5.51. The van der Waals surface area contributed by atoms with Gasteiger partial charge >= 0.3 is 0 Å². The van der Waals surface area contributed by atoms with Crippen LogP contribution in [-0.2, 0) is 21.3 Å². The number of carbonyl (C=O) groups is 1. The summed E-state index contributed by atoms with van der Waals surface area (Å²) < 4.78 is 25.8. The molecule has 10 heteroatoms. The number of hydrogen-bond donors (Lipinski definition) is 1. The van der Waals surface area contributed by atoms with Gasteiger partial charge in [0.25, 0.3) is 11.6 Å². The maximum atomic E-state index is 12.9. The quantitative estimate of drug-likeness (QED) is 0.490. The number of rotatable bonds is 4. The van der Waals surface area contributed by atoms with Crippen LogP contribution in [0.5, 0.6) is 0 Å². The van der Waals surface area contributed by atoms with E-state index in [1.165, 1.54) is 22.9 Å². The fraction of sp³-hybridized carbons (Fsp3) is 0.238. The molecule has 1 aliphatic rings. The molecule has 0 aliphatic carbocycles. The van der Waals surface area contributed by atoms with Gasteiger partial charge in [-0.05, 0) is 50.1 Å². The van der Waals surface area contributed by atoms with Crippen molar-refractivity contribution in [3.8, 4) is 5.69 Å². The Morgan fingerprint density at radius 1 is 1.06 bits per heavy atom. The molecule has 3 aromatic rings. The van der Waals surface area contributed by atoms with Crippen LogP contribution in [0, 0.1) is 30.9 Å². The average Bonchev–Trinajstić information content (AvgIpc) is 3.16. The van der Waals surface area contributed by atoms with Crippen LogP contribution in [0.15, 0.2) is 36.4 Å². The molecule has 0 spiro atoms. The summed E-state index contributed by atoms with van der Waals surface area (Å²) in [7, 11) is -3.34. The Morgan fingerprint density at radius 2 is 1.77 bits per heavy atom. The van der Waals surface area contributed by atoms with E-state index in [-0.39, 0.29) is 28.6 Å². The molecule has 1 N–H and O–H groups in total. The maximum Gasteiger partial charge on any atom is 0.273 e. The van der Waals surface area contributed by atoms with Crippen LogP contribution in [0.2, 0.25) is 0 Å². The van der Waals surface area contributed by atoms with Gasteiger partial charge in [0.05, 0.1) is 27.8 Å². The van der Waals surface area contributed by atoms with E-state index in [2.05, 4.69) is 10.4 Å². The summed E-state index contributed by atoms with van der Waals surface area (Å²) in [6.07, 6.45) is 0. The molecular formula is C21H20N4O5S. The first-order chi connectivity index (χ1) is 14.6. The third kappa shape index (κ3) is 3.81. The Labute approximate surface area is 178 Å². The van der Waals surface area contributed by atoms with E-state index >= 15 is 0 Å². The third-order valence-corrected chi connectivity index (χ3v) is 6.86. The van der Waals surface area contributed by atoms with Crippen LogP contribution in [0.4, 0.5) is 11.5 Å². The maximum absolute atomic E-state index is 12.9. The predicted octanol–water partition coefficient (Wildman–Crippen LogP) is 3.39. The lowest BCUT2D eigenvalue weighted by Gasteiger charge is -2.12. The number of hydrogen-bond acceptors (Lipinski definition) is 6. The van der Waals surface area contributed by atoms with Crippen molar-refractivity contribution in [2.45, 2.75) is 32.3 Å². The van der Waals surface area contributed by atoms with Crippen molar-refractivity contribution in [1.29, 1.82) is 0 Å². The largest absolute Gasteiger partial charge is 0.306 e. The van der Waals surface area contributed by atoms with Crippen LogP contribution >= 0.6 is 0 Å². The van der Waals surface area contributed by atoms with E-state index < -0.39 is 20.7 Å². The van der Waals surface area contributed by atoms with E-state index in [9.17, 15) is 23.3 Å². The number of nitrogens with zero attached hydrogens (tertiary/aromatic N) is 3. The summed E-state index contributed by atoms with van der Waals surface area (Å²) >= 11 is 0. The topological polar surface area (TPSA) is 124 Å². The van der Waals surface area contributed by atoms with Crippen molar-refractivity contribution in [1.82, 2.24) is 9.78 Å². The van der Waals surface area contributed by atoms with Gasteiger partial charge in [0.1, 0.15) is 5.82 Å². The standard InChI is InChI=1S/C21H20N4O5S/c1-12-5-7-16(8-14(12)3)24-20(17-10-31(29,30)11-18(17)23-24)22-21(26)15-6-4-13(2)19(9-15)25(27)28/h4-9H,10-11H2,1-3H3,(H,22,26). The smallest absolute Gasteiger partial charge is 0.273 e. The van der Waals surface area contributed by atoms with Gasteiger partial charge in [0, 0.05) is 22.8 Å². The number of benzene rings is 2. The molecule has 0 radical (unpaired) electrons. The van der Waals surface area contributed by atoms with Gasteiger partial charge in [0.15, 0.2) is 9.84 Å². The molecule has 0 unspecified atom stereocenters. The van der Waals surface area contributed by atoms with Crippen molar-refractivity contribution >= 4 is 27.2 Å². The first-order valence-electron chi connectivity index (χ1n) is 9.51. The second-order valence-electron chi connectivity index (χ2n) is 7.70. The van der Waals surface area contributed by atoms with Crippen LogP contribution in [0.3, 0.4) is 0 Å². The van der Waals surface area contributed by atoms with E-state index in [1.807, 2.05) is 32.0 Å². The molecule has 0 bridgehead atoms. The molecule has 2 aromatic carbocycles. The minimum atomic E-state index is -3.34. The second kappa shape index (κ2) is 7.31. The number of aryl methyl sites for hydroxylation is 3. The Bertz CT molecular complexity index is 1360. The van der Waals surface area contributed by atoms with Crippen LogP contribution in [0.1, 0.15) is 38.3 Å². The van der Waals surface area contributed by atoms with E-state index in [1.54, 1.807) is 6.92 Å². The van der Waals surface area contributed by atoms with Crippen molar-refractivity contribution in [3.63, 3.8) is 0 Å². The highest BCUT2D eigenvalue weighted by atomic mass is 32.2. The minimum Gasteiger partial charge on any atom is -0.306 e. The molecule has 9 nitrogen and oxygen atoms in total. The fourth-order valence-corrected chi connectivity index (χ4v) is 5.04. The lowest BCUT2D eigenvalue weighted by molar-refractivity contribution is -0.385. The van der Waals surface area contributed by atoms with Crippen LogP contribution < -0.4 is 5.32 Å². The van der Waals surface area contributed by atoms with Gasteiger partial charge in [-0.2, -0.15) is 5.10 Å². The minimum absolute atomic E-state index is 0.0970. The zero-order chi connectivity index (χ0) is 22.5. The molecule has 0 atom stereocenters. The fourth-order valence-electron chi connectivity index (χ4n) is 3.54. The number of nitro groups is 1. The van der Waals surface area contributed by atoms with E-state index in [0.717, 1.165) is 11.1 Å². The molecule has 0 saturated heterocycles. The van der Waals surface area contributed by atoms with Gasteiger partial charge in [-0.25, -0.2) is 13.1 Å². The molecule has 160 valence electrons. The number of nitro benzene ring substituents is 1. The number of carbonyl (C=O) groups excluding carboxylic acids is 1. The van der Waals surface area contributed by atoms with Gasteiger partial charge in [-0.1, -0.05) is 12.1 Å². The highest BCUT2D eigenvalue weighted by molar-refractivity contribution is 7.90. The number of amides is 1. The zero-order valence-corrected chi connectivity index (χ0v) is 18.0. The van der Waals surface area contributed by atoms with Crippen molar-refractivity contribution in [2.24, 2.45) is 0 Å². The summed E-state index contributed by atoms with van der Waals surface area (Å²) in [5.41, 5.74) is 3.99. The predicted molar refractivity (Wildman–Crippen MR) is 115 cm³/mol. The summed E-state index contributed by atoms with van der Waals surface area (Å²) in [5, 5.41) is 18.4. The Hall–Kier alpha value is -3.53. The lowest BCUT2D eigenvalue weighted by atomic mass is 10.1. The Balaban J connectivity index is 1.79. The van der Waals surface area contributed by atoms with E-state index in [0.29, 0.717) is 22.5 Å². The SMILES string of the molecule is Cc1ccc(-n2nc3c(c2NC(=O)c2ccc(C)c([N+](=O)[O-])c2)CS(=O)(=O)C3)cc1C. The number of nitrogens with one attached hydrogen (secondary N) is 1.